The van der Waals surface area contributed by atoms with Crippen LogP contribution in [-0.2, 0) is 0 Å². The van der Waals surface area contributed by atoms with Gasteiger partial charge in [0.2, 0.25) is 0 Å². The monoisotopic (exact) mass is 310 g/mol. The molecule has 0 aliphatic heterocycles. The molecule has 0 radical (unpaired) electrons. The lowest BCUT2D eigenvalue weighted by Gasteiger charge is -2.13. The van der Waals surface area contributed by atoms with Crippen LogP contribution in [0.3, 0.4) is 0 Å². The molecular formula is C16H18N6O. The van der Waals surface area contributed by atoms with Crippen molar-refractivity contribution in [2.24, 2.45) is 0 Å². The van der Waals surface area contributed by atoms with E-state index in [2.05, 4.69) is 25.6 Å². The Bertz CT molecular complexity index is 775. The van der Waals surface area contributed by atoms with Crippen molar-refractivity contribution >= 4 is 5.91 Å². The highest BCUT2D eigenvalue weighted by atomic mass is 16.1. The minimum Gasteiger partial charge on any atom is -0.350 e. The van der Waals surface area contributed by atoms with Crippen molar-refractivity contribution in [3.8, 4) is 11.4 Å². The smallest absolute Gasteiger partial charge is 0.251 e. The fourth-order valence-electron chi connectivity index (χ4n) is 2.23. The molecule has 0 aliphatic rings. The molecule has 0 saturated carbocycles. The van der Waals surface area contributed by atoms with E-state index < -0.39 is 0 Å². The molecule has 2 heterocycles. The molecule has 0 saturated heterocycles. The number of aryl methyl sites for hydroxylation is 1. The molecule has 0 spiro atoms. The molecule has 1 atom stereocenters. The first kappa shape index (κ1) is 15.0. The van der Waals surface area contributed by atoms with E-state index in [-0.39, 0.29) is 11.9 Å². The van der Waals surface area contributed by atoms with Gasteiger partial charge < -0.3 is 5.32 Å². The second-order valence-corrected chi connectivity index (χ2v) is 5.47. The van der Waals surface area contributed by atoms with Gasteiger partial charge in [-0.15, -0.1) is 0 Å². The number of nitrogens with zero attached hydrogens (tertiary/aromatic N) is 4. The van der Waals surface area contributed by atoms with Gasteiger partial charge in [-0.05, 0) is 31.5 Å². The molecule has 3 rings (SSSR count). The molecule has 7 nitrogen and oxygen atoms in total. The highest BCUT2D eigenvalue weighted by Crippen LogP contribution is 2.14. The maximum absolute atomic E-state index is 12.2. The Balaban J connectivity index is 1.60. The summed E-state index contributed by atoms with van der Waals surface area (Å²) in [5.74, 6) is 0.574. The number of carbonyl (C=O) groups excluding carboxylic acids is 1. The predicted molar refractivity (Wildman–Crippen MR) is 85.8 cm³/mol. The van der Waals surface area contributed by atoms with Crippen molar-refractivity contribution in [2.45, 2.75) is 19.9 Å². The second-order valence-electron chi connectivity index (χ2n) is 5.47. The second kappa shape index (κ2) is 6.43. The Hall–Kier alpha value is -2.96. The zero-order chi connectivity index (χ0) is 16.2. The summed E-state index contributed by atoms with van der Waals surface area (Å²) < 4.78 is 1.85. The fraction of sp³-hybridized carbons (Fsp3) is 0.250. The average Bonchev–Trinajstić information content (AvgIpc) is 3.24. The van der Waals surface area contributed by atoms with E-state index in [0.29, 0.717) is 17.9 Å². The van der Waals surface area contributed by atoms with Crippen molar-refractivity contribution < 1.29 is 4.79 Å². The van der Waals surface area contributed by atoms with Crippen molar-refractivity contribution in [2.75, 3.05) is 6.54 Å². The Kier molecular flexibility index (Phi) is 4.18. The number of hydrogen-bond acceptors (Lipinski definition) is 4. The van der Waals surface area contributed by atoms with Gasteiger partial charge in [-0.25, -0.2) is 4.98 Å². The third-order valence-corrected chi connectivity index (χ3v) is 3.58. The van der Waals surface area contributed by atoms with Gasteiger partial charge in [0, 0.05) is 23.9 Å². The quantitative estimate of drug-likeness (QED) is 0.754. The van der Waals surface area contributed by atoms with Gasteiger partial charge in [-0.3, -0.25) is 14.6 Å². The predicted octanol–water partition coefficient (Wildman–Crippen LogP) is 1.97. The SMILES string of the molecule is Cc1cnn([C@H](C)CNC(=O)c2ccc(-c3ncn[nH]3)cc2)c1. The number of nitrogens with one attached hydrogen (secondary N) is 2. The summed E-state index contributed by atoms with van der Waals surface area (Å²) in [7, 11) is 0. The van der Waals surface area contributed by atoms with Crippen LogP contribution in [0.5, 0.6) is 0 Å². The summed E-state index contributed by atoms with van der Waals surface area (Å²) >= 11 is 0. The van der Waals surface area contributed by atoms with Crippen LogP contribution in [0, 0.1) is 6.92 Å². The summed E-state index contributed by atoms with van der Waals surface area (Å²) in [6.07, 6.45) is 5.22. The zero-order valence-corrected chi connectivity index (χ0v) is 13.0. The van der Waals surface area contributed by atoms with E-state index >= 15 is 0 Å². The molecule has 23 heavy (non-hydrogen) atoms. The van der Waals surface area contributed by atoms with Crippen LogP contribution in [0.2, 0.25) is 0 Å². The van der Waals surface area contributed by atoms with Gasteiger partial charge in [0.25, 0.3) is 5.91 Å². The molecule has 0 fully saturated rings. The normalized spacial score (nSPS) is 12.1. The summed E-state index contributed by atoms with van der Waals surface area (Å²) in [5, 5.41) is 13.8. The molecule has 0 unspecified atom stereocenters. The van der Waals surface area contributed by atoms with Crippen molar-refractivity contribution in [3.05, 3.63) is 54.1 Å². The lowest BCUT2D eigenvalue weighted by Crippen LogP contribution is -2.29. The maximum atomic E-state index is 12.2. The van der Waals surface area contributed by atoms with Crippen LogP contribution in [0.25, 0.3) is 11.4 Å². The fourth-order valence-corrected chi connectivity index (χ4v) is 2.23. The maximum Gasteiger partial charge on any atom is 0.251 e. The van der Waals surface area contributed by atoms with E-state index in [1.807, 2.05) is 36.9 Å². The highest BCUT2D eigenvalue weighted by Gasteiger charge is 2.10. The lowest BCUT2D eigenvalue weighted by molar-refractivity contribution is 0.0948. The number of benzene rings is 1. The van der Waals surface area contributed by atoms with E-state index in [1.165, 1.54) is 6.33 Å². The van der Waals surface area contributed by atoms with Gasteiger partial charge in [0.15, 0.2) is 5.82 Å². The first-order valence-corrected chi connectivity index (χ1v) is 7.38. The van der Waals surface area contributed by atoms with Crippen molar-refractivity contribution in [3.63, 3.8) is 0 Å². The standard InChI is InChI=1S/C16H18N6O/c1-11-7-20-22(9-11)12(2)8-17-16(23)14-5-3-13(4-6-14)15-18-10-19-21-15/h3-7,9-10,12H,8H2,1-2H3,(H,17,23)(H,18,19,21)/t12-/m1/s1. The summed E-state index contributed by atoms with van der Waals surface area (Å²) in [6.45, 7) is 4.52. The zero-order valence-electron chi connectivity index (χ0n) is 13.0. The molecule has 2 N–H and O–H groups in total. The number of amides is 1. The molecule has 1 aromatic carbocycles. The van der Waals surface area contributed by atoms with Crippen LogP contribution >= 0.6 is 0 Å². The van der Waals surface area contributed by atoms with Crippen LogP contribution in [0.15, 0.2) is 43.0 Å². The van der Waals surface area contributed by atoms with Gasteiger partial charge in [-0.2, -0.15) is 10.2 Å². The topological polar surface area (TPSA) is 88.5 Å². The van der Waals surface area contributed by atoms with Gasteiger partial charge in [0.05, 0.1) is 12.2 Å². The molecule has 3 aromatic rings. The van der Waals surface area contributed by atoms with Crippen LogP contribution in [-0.4, -0.2) is 37.4 Å². The summed E-state index contributed by atoms with van der Waals surface area (Å²) in [4.78, 5) is 16.3. The molecule has 118 valence electrons. The Morgan fingerprint density at radius 2 is 2.13 bits per heavy atom. The van der Waals surface area contributed by atoms with Gasteiger partial charge in [0.1, 0.15) is 6.33 Å². The van der Waals surface area contributed by atoms with Crippen molar-refractivity contribution in [1.82, 2.24) is 30.3 Å². The Labute approximate surface area is 133 Å². The van der Waals surface area contributed by atoms with Gasteiger partial charge >= 0.3 is 0 Å². The van der Waals surface area contributed by atoms with Gasteiger partial charge in [-0.1, -0.05) is 12.1 Å². The summed E-state index contributed by atoms with van der Waals surface area (Å²) in [6, 6.07) is 7.33. The number of aromatic amines is 1. The first-order valence-electron chi connectivity index (χ1n) is 7.38. The third-order valence-electron chi connectivity index (χ3n) is 3.58. The summed E-state index contributed by atoms with van der Waals surface area (Å²) in [5.41, 5.74) is 2.60. The molecule has 2 aromatic heterocycles. The molecule has 0 bridgehead atoms. The number of rotatable bonds is 5. The minimum absolute atomic E-state index is 0.0983. The number of hydrogen-bond donors (Lipinski definition) is 2. The lowest BCUT2D eigenvalue weighted by atomic mass is 10.1. The van der Waals surface area contributed by atoms with E-state index in [4.69, 9.17) is 0 Å². The Morgan fingerprint density at radius 3 is 2.74 bits per heavy atom. The molecule has 1 amide bonds. The largest absolute Gasteiger partial charge is 0.350 e. The van der Waals surface area contributed by atoms with E-state index in [1.54, 1.807) is 18.3 Å². The van der Waals surface area contributed by atoms with Crippen LogP contribution in [0.4, 0.5) is 0 Å². The van der Waals surface area contributed by atoms with E-state index in [0.717, 1.165) is 11.1 Å². The Morgan fingerprint density at radius 1 is 1.35 bits per heavy atom. The number of aromatic nitrogens is 5. The molecular weight excluding hydrogens is 292 g/mol. The highest BCUT2D eigenvalue weighted by molar-refractivity contribution is 5.94. The number of carbonyl (C=O) groups is 1. The first-order chi connectivity index (χ1) is 11.1. The molecule has 0 aliphatic carbocycles. The molecule has 7 heteroatoms. The van der Waals surface area contributed by atoms with Crippen LogP contribution < -0.4 is 5.32 Å². The van der Waals surface area contributed by atoms with E-state index in [9.17, 15) is 4.79 Å². The van der Waals surface area contributed by atoms with Crippen LogP contribution in [0.1, 0.15) is 28.9 Å². The average molecular weight is 310 g/mol. The number of H-pyrrole nitrogens is 1. The van der Waals surface area contributed by atoms with Crippen molar-refractivity contribution in [1.29, 1.82) is 0 Å². The third kappa shape index (κ3) is 3.45. The minimum atomic E-state index is -0.107.